The van der Waals surface area contributed by atoms with Crippen molar-refractivity contribution >= 4 is 23.4 Å². The fourth-order valence-corrected chi connectivity index (χ4v) is 3.39. The lowest BCUT2D eigenvalue weighted by Gasteiger charge is -2.07. The van der Waals surface area contributed by atoms with E-state index in [-0.39, 0.29) is 11.7 Å². The first-order valence-corrected chi connectivity index (χ1v) is 10.3. The molecule has 3 rings (SSSR count). The Balaban J connectivity index is 1.55. The molecule has 0 aliphatic rings. The van der Waals surface area contributed by atoms with Crippen molar-refractivity contribution < 1.29 is 4.79 Å². The van der Waals surface area contributed by atoms with E-state index < -0.39 is 0 Å². The number of carbonyl (C=O) groups is 1. The van der Waals surface area contributed by atoms with Crippen molar-refractivity contribution in [2.24, 2.45) is 0 Å². The molecule has 7 heteroatoms. The molecule has 1 heterocycles. The Hall–Kier alpha value is -2.80. The number of carbonyl (C=O) groups excluding carboxylic acids is 1. The highest BCUT2D eigenvalue weighted by Gasteiger charge is 2.13. The van der Waals surface area contributed by atoms with Gasteiger partial charge < -0.3 is 11.2 Å². The zero-order chi connectivity index (χ0) is 19.9. The third-order valence-electron chi connectivity index (χ3n) is 4.36. The second kappa shape index (κ2) is 9.41. The minimum Gasteiger partial charge on any atom is -0.335 e. The van der Waals surface area contributed by atoms with Gasteiger partial charge in [0.1, 0.15) is 0 Å². The number of hydrogen-bond donors (Lipinski definition) is 2. The minimum absolute atomic E-state index is 0.105. The van der Waals surface area contributed by atoms with E-state index in [2.05, 4.69) is 34.6 Å². The predicted octanol–water partition coefficient (Wildman–Crippen LogP) is 4.04. The molecule has 0 fully saturated rings. The van der Waals surface area contributed by atoms with Gasteiger partial charge in [-0.15, -0.1) is 10.2 Å². The van der Waals surface area contributed by atoms with Gasteiger partial charge in [0.15, 0.2) is 5.82 Å². The smallest absolute Gasteiger partial charge is 0.234 e. The maximum absolute atomic E-state index is 12.2. The van der Waals surface area contributed by atoms with Crippen molar-refractivity contribution in [3.05, 3.63) is 59.7 Å². The molecule has 0 unspecified atom stereocenters. The first kappa shape index (κ1) is 19.9. The van der Waals surface area contributed by atoms with Crippen molar-refractivity contribution in [3.63, 3.8) is 0 Å². The third kappa shape index (κ3) is 5.13. The van der Waals surface area contributed by atoms with Crippen molar-refractivity contribution in [2.75, 3.05) is 16.9 Å². The van der Waals surface area contributed by atoms with Crippen LogP contribution in [0.25, 0.3) is 11.4 Å². The summed E-state index contributed by atoms with van der Waals surface area (Å²) in [6.45, 7) is 4.20. The standard InChI is InChI=1S/C21H25N5OS/c1-3-4-5-16-8-12-18(13-9-16)23-19(27)14-28-21-25-24-20(26(21)22)17-10-6-15(2)7-11-17/h6-13H,3-5,14,22H2,1-2H3,(H,23,27). The number of aromatic nitrogens is 3. The molecule has 0 spiro atoms. The molecule has 146 valence electrons. The van der Waals surface area contributed by atoms with Gasteiger partial charge in [-0.25, -0.2) is 4.68 Å². The molecule has 0 saturated carbocycles. The number of nitrogens with one attached hydrogen (secondary N) is 1. The molecular weight excluding hydrogens is 370 g/mol. The van der Waals surface area contributed by atoms with Crippen LogP contribution < -0.4 is 11.2 Å². The summed E-state index contributed by atoms with van der Waals surface area (Å²) in [5.74, 6) is 6.79. The topological polar surface area (TPSA) is 85.8 Å². The summed E-state index contributed by atoms with van der Waals surface area (Å²) in [7, 11) is 0. The molecule has 3 aromatic rings. The zero-order valence-electron chi connectivity index (χ0n) is 16.2. The largest absolute Gasteiger partial charge is 0.335 e. The number of nitrogens with two attached hydrogens (primary N) is 1. The quantitative estimate of drug-likeness (QED) is 0.444. The molecule has 0 aliphatic carbocycles. The molecular formula is C21H25N5OS. The highest BCUT2D eigenvalue weighted by atomic mass is 32.2. The van der Waals surface area contributed by atoms with Crippen LogP contribution in [0, 0.1) is 6.92 Å². The van der Waals surface area contributed by atoms with E-state index in [0.717, 1.165) is 23.2 Å². The van der Waals surface area contributed by atoms with Gasteiger partial charge >= 0.3 is 0 Å². The Morgan fingerprint density at radius 3 is 2.50 bits per heavy atom. The van der Waals surface area contributed by atoms with Gasteiger partial charge in [-0.3, -0.25) is 4.79 Å². The van der Waals surface area contributed by atoms with E-state index in [1.54, 1.807) is 0 Å². The van der Waals surface area contributed by atoms with E-state index in [1.165, 1.54) is 34.8 Å². The van der Waals surface area contributed by atoms with Crippen LogP contribution in [0.5, 0.6) is 0 Å². The molecule has 1 amide bonds. The first-order chi connectivity index (χ1) is 13.6. The molecule has 0 bridgehead atoms. The van der Waals surface area contributed by atoms with Gasteiger partial charge in [0, 0.05) is 11.3 Å². The number of hydrogen-bond acceptors (Lipinski definition) is 5. The Morgan fingerprint density at radius 1 is 1.11 bits per heavy atom. The van der Waals surface area contributed by atoms with Crippen molar-refractivity contribution in [2.45, 2.75) is 38.3 Å². The molecule has 28 heavy (non-hydrogen) atoms. The lowest BCUT2D eigenvalue weighted by molar-refractivity contribution is -0.113. The van der Waals surface area contributed by atoms with Crippen molar-refractivity contribution in [1.29, 1.82) is 0 Å². The average Bonchev–Trinajstić information content (AvgIpc) is 3.07. The lowest BCUT2D eigenvalue weighted by atomic mass is 10.1. The third-order valence-corrected chi connectivity index (χ3v) is 5.31. The van der Waals surface area contributed by atoms with Crippen LogP contribution in [0.15, 0.2) is 53.7 Å². The van der Waals surface area contributed by atoms with Crippen molar-refractivity contribution in [3.8, 4) is 11.4 Å². The van der Waals surface area contributed by atoms with Crippen LogP contribution in [-0.4, -0.2) is 26.5 Å². The first-order valence-electron chi connectivity index (χ1n) is 9.36. The summed E-state index contributed by atoms with van der Waals surface area (Å²) in [4.78, 5) is 12.2. The molecule has 2 aromatic carbocycles. The fraction of sp³-hybridized carbons (Fsp3) is 0.286. The zero-order valence-corrected chi connectivity index (χ0v) is 17.0. The monoisotopic (exact) mass is 395 g/mol. The summed E-state index contributed by atoms with van der Waals surface area (Å²) in [5.41, 5.74) is 4.13. The Kier molecular flexibility index (Phi) is 6.71. The molecule has 0 saturated heterocycles. The van der Waals surface area contributed by atoms with E-state index in [4.69, 9.17) is 5.84 Å². The van der Waals surface area contributed by atoms with Crippen LogP contribution in [0.3, 0.4) is 0 Å². The number of aryl methyl sites for hydroxylation is 2. The highest BCUT2D eigenvalue weighted by Crippen LogP contribution is 2.22. The van der Waals surface area contributed by atoms with Gasteiger partial charge in [0.2, 0.25) is 11.1 Å². The van der Waals surface area contributed by atoms with Crippen LogP contribution in [-0.2, 0) is 11.2 Å². The maximum atomic E-state index is 12.2. The number of unbranched alkanes of at least 4 members (excludes halogenated alkanes) is 1. The lowest BCUT2D eigenvalue weighted by Crippen LogP contribution is -2.16. The van der Waals surface area contributed by atoms with Gasteiger partial charge in [-0.1, -0.05) is 67.1 Å². The van der Waals surface area contributed by atoms with Crippen LogP contribution in [0.2, 0.25) is 0 Å². The summed E-state index contributed by atoms with van der Waals surface area (Å²) < 4.78 is 1.42. The highest BCUT2D eigenvalue weighted by molar-refractivity contribution is 7.99. The van der Waals surface area contributed by atoms with Gasteiger partial charge in [-0.2, -0.15) is 0 Å². The molecule has 1 aromatic heterocycles. The minimum atomic E-state index is -0.105. The van der Waals surface area contributed by atoms with Gasteiger partial charge in [0.25, 0.3) is 0 Å². The number of anilines is 1. The van der Waals surface area contributed by atoms with E-state index in [0.29, 0.717) is 11.0 Å². The SMILES string of the molecule is CCCCc1ccc(NC(=O)CSc2nnc(-c3ccc(C)cc3)n2N)cc1. The van der Waals surface area contributed by atoms with Crippen LogP contribution in [0.1, 0.15) is 30.9 Å². The molecule has 0 atom stereocenters. The Morgan fingerprint density at radius 2 is 1.82 bits per heavy atom. The molecule has 3 N–H and O–H groups in total. The van der Waals surface area contributed by atoms with E-state index in [9.17, 15) is 4.79 Å². The van der Waals surface area contributed by atoms with Crippen LogP contribution >= 0.6 is 11.8 Å². The summed E-state index contributed by atoms with van der Waals surface area (Å²) in [5, 5.41) is 11.7. The number of thioether (sulfide) groups is 1. The summed E-state index contributed by atoms with van der Waals surface area (Å²) in [6, 6.07) is 15.9. The second-order valence-electron chi connectivity index (χ2n) is 6.68. The molecule has 0 radical (unpaired) electrons. The number of amides is 1. The predicted molar refractivity (Wildman–Crippen MR) is 115 cm³/mol. The number of benzene rings is 2. The molecule has 6 nitrogen and oxygen atoms in total. The maximum Gasteiger partial charge on any atom is 0.234 e. The number of nitrogen functional groups attached to an aromatic ring is 1. The fourth-order valence-electron chi connectivity index (χ4n) is 2.74. The average molecular weight is 396 g/mol. The van der Waals surface area contributed by atoms with Crippen LogP contribution in [0.4, 0.5) is 5.69 Å². The van der Waals surface area contributed by atoms with Crippen molar-refractivity contribution in [1.82, 2.24) is 14.9 Å². The molecule has 0 aliphatic heterocycles. The van der Waals surface area contributed by atoms with Gasteiger partial charge in [0.05, 0.1) is 5.75 Å². The summed E-state index contributed by atoms with van der Waals surface area (Å²) in [6.07, 6.45) is 3.41. The summed E-state index contributed by atoms with van der Waals surface area (Å²) >= 11 is 1.26. The normalized spacial score (nSPS) is 10.8. The Bertz CT molecular complexity index is 919. The number of rotatable bonds is 8. The van der Waals surface area contributed by atoms with E-state index in [1.807, 2.05) is 43.3 Å². The van der Waals surface area contributed by atoms with E-state index >= 15 is 0 Å². The number of nitrogens with zero attached hydrogens (tertiary/aromatic N) is 3. The van der Waals surface area contributed by atoms with Gasteiger partial charge in [-0.05, 0) is 37.5 Å². The Labute approximate surface area is 169 Å². The second-order valence-corrected chi connectivity index (χ2v) is 7.62.